The van der Waals surface area contributed by atoms with Gasteiger partial charge in [-0.15, -0.1) is 0 Å². The second kappa shape index (κ2) is 3.92. The molecule has 1 aliphatic rings. The maximum atomic E-state index is 5.47. The summed E-state index contributed by atoms with van der Waals surface area (Å²) in [6.07, 6.45) is 4.40. The monoisotopic (exact) mass is 207 g/mol. The van der Waals surface area contributed by atoms with Crippen molar-refractivity contribution >= 4 is 22.9 Å². The minimum absolute atomic E-state index is 0.359. The van der Waals surface area contributed by atoms with E-state index in [9.17, 15) is 0 Å². The van der Waals surface area contributed by atoms with Crippen LogP contribution in [0.3, 0.4) is 0 Å². The number of aromatic nitrogens is 1. The summed E-state index contributed by atoms with van der Waals surface area (Å²) in [5.74, 6) is 0. The van der Waals surface area contributed by atoms with Gasteiger partial charge >= 0.3 is 0 Å². The molecule has 3 nitrogen and oxygen atoms in total. The fourth-order valence-electron chi connectivity index (χ4n) is 1.69. The highest BCUT2D eigenvalue weighted by Gasteiger charge is 2.12. The molecule has 74 valence electrons. The van der Waals surface area contributed by atoms with E-state index >= 15 is 0 Å². The van der Waals surface area contributed by atoms with Gasteiger partial charge in [0.2, 0.25) is 0 Å². The Morgan fingerprint density at radius 1 is 1.36 bits per heavy atom. The Hall–Kier alpha value is -1.16. The number of pyridine rings is 1. The van der Waals surface area contributed by atoms with Crippen molar-refractivity contribution < 1.29 is 0 Å². The molecule has 1 aliphatic heterocycles. The lowest BCUT2D eigenvalue weighted by Gasteiger charge is -2.16. The highest BCUT2D eigenvalue weighted by molar-refractivity contribution is 7.80. The molecule has 14 heavy (non-hydrogen) atoms. The molecule has 4 heteroatoms. The van der Waals surface area contributed by atoms with Gasteiger partial charge in [0, 0.05) is 13.1 Å². The summed E-state index contributed by atoms with van der Waals surface area (Å²) in [5.41, 5.74) is 7.34. The Balaban J connectivity index is 2.16. The molecule has 0 spiro atoms. The predicted molar refractivity (Wildman–Crippen MR) is 61.6 cm³/mol. The van der Waals surface area contributed by atoms with Crippen molar-refractivity contribution in [1.29, 1.82) is 0 Å². The number of nitrogens with two attached hydrogens (primary N) is 1. The lowest BCUT2D eigenvalue weighted by molar-refractivity contribution is 0.949. The Morgan fingerprint density at radius 3 is 2.57 bits per heavy atom. The van der Waals surface area contributed by atoms with Crippen molar-refractivity contribution in [2.24, 2.45) is 5.73 Å². The molecule has 1 aromatic rings. The van der Waals surface area contributed by atoms with Gasteiger partial charge in [0.25, 0.3) is 0 Å². The first-order valence-corrected chi connectivity index (χ1v) is 5.19. The zero-order valence-corrected chi connectivity index (χ0v) is 8.76. The fourth-order valence-corrected chi connectivity index (χ4v) is 1.81. The molecule has 0 unspecified atom stereocenters. The minimum Gasteiger partial charge on any atom is -0.388 e. The molecule has 0 bridgehead atoms. The van der Waals surface area contributed by atoms with Crippen LogP contribution in [0.25, 0.3) is 0 Å². The minimum atomic E-state index is 0.359. The molecule has 1 fully saturated rings. The van der Waals surface area contributed by atoms with E-state index in [1.165, 1.54) is 18.5 Å². The third-order valence-corrected chi connectivity index (χ3v) is 2.68. The third kappa shape index (κ3) is 1.85. The highest BCUT2D eigenvalue weighted by Crippen LogP contribution is 2.18. The highest BCUT2D eigenvalue weighted by atomic mass is 32.1. The molecule has 0 aliphatic carbocycles. The molecule has 2 heterocycles. The van der Waals surface area contributed by atoms with E-state index in [-0.39, 0.29) is 0 Å². The smallest absolute Gasteiger partial charge is 0.122 e. The SMILES string of the molecule is NC(=S)c1ccc(N2CCCC2)cn1. The van der Waals surface area contributed by atoms with E-state index in [4.69, 9.17) is 18.0 Å². The van der Waals surface area contributed by atoms with Gasteiger partial charge < -0.3 is 10.6 Å². The Morgan fingerprint density at radius 2 is 2.07 bits per heavy atom. The van der Waals surface area contributed by atoms with Crippen molar-refractivity contribution in [2.75, 3.05) is 18.0 Å². The number of nitrogens with zero attached hydrogens (tertiary/aromatic N) is 2. The predicted octanol–water partition coefficient (Wildman–Crippen LogP) is 1.32. The van der Waals surface area contributed by atoms with Gasteiger partial charge in [0.05, 0.1) is 17.6 Å². The maximum Gasteiger partial charge on any atom is 0.122 e. The van der Waals surface area contributed by atoms with Gasteiger partial charge in [-0.3, -0.25) is 4.98 Å². The van der Waals surface area contributed by atoms with Crippen LogP contribution in [0, 0.1) is 0 Å². The van der Waals surface area contributed by atoms with Gasteiger partial charge in [-0.2, -0.15) is 0 Å². The number of hydrogen-bond donors (Lipinski definition) is 1. The molecule has 0 radical (unpaired) electrons. The summed E-state index contributed by atoms with van der Waals surface area (Å²) in [7, 11) is 0. The molecule has 0 amide bonds. The van der Waals surface area contributed by atoms with Crippen LogP contribution in [0.2, 0.25) is 0 Å². The van der Waals surface area contributed by atoms with Crippen LogP contribution in [0.1, 0.15) is 18.5 Å². The molecular weight excluding hydrogens is 194 g/mol. The quantitative estimate of drug-likeness (QED) is 0.743. The molecule has 2 rings (SSSR count). The van der Waals surface area contributed by atoms with Crippen LogP contribution >= 0.6 is 12.2 Å². The number of thiocarbonyl (C=S) groups is 1. The van der Waals surface area contributed by atoms with E-state index in [2.05, 4.69) is 9.88 Å². The summed E-state index contributed by atoms with van der Waals surface area (Å²) in [4.78, 5) is 6.90. The Bertz CT molecular complexity index is 328. The van der Waals surface area contributed by atoms with Crippen molar-refractivity contribution in [3.05, 3.63) is 24.0 Å². The number of rotatable bonds is 2. The largest absolute Gasteiger partial charge is 0.388 e. The zero-order valence-electron chi connectivity index (χ0n) is 7.94. The van der Waals surface area contributed by atoms with Crippen LogP contribution in [-0.4, -0.2) is 23.1 Å². The number of anilines is 1. The summed E-state index contributed by atoms with van der Waals surface area (Å²) >= 11 is 4.84. The second-order valence-corrected chi connectivity index (χ2v) is 3.90. The maximum absolute atomic E-state index is 5.47. The summed E-state index contributed by atoms with van der Waals surface area (Å²) in [6, 6.07) is 3.92. The van der Waals surface area contributed by atoms with E-state index < -0.39 is 0 Å². The van der Waals surface area contributed by atoms with Gasteiger partial charge in [-0.1, -0.05) is 12.2 Å². The van der Waals surface area contributed by atoms with E-state index in [0.717, 1.165) is 13.1 Å². The molecule has 0 aromatic carbocycles. The summed E-state index contributed by atoms with van der Waals surface area (Å²) in [5, 5.41) is 0. The third-order valence-electron chi connectivity index (χ3n) is 2.47. The first kappa shape index (κ1) is 9.40. The summed E-state index contributed by atoms with van der Waals surface area (Å²) < 4.78 is 0. The second-order valence-electron chi connectivity index (χ2n) is 3.46. The van der Waals surface area contributed by atoms with Gasteiger partial charge in [0.15, 0.2) is 0 Å². The average molecular weight is 207 g/mol. The van der Waals surface area contributed by atoms with Crippen LogP contribution in [0.4, 0.5) is 5.69 Å². The Labute approximate surface area is 88.9 Å². The molecule has 0 saturated carbocycles. The van der Waals surface area contributed by atoms with Gasteiger partial charge in [-0.05, 0) is 25.0 Å². The van der Waals surface area contributed by atoms with Gasteiger partial charge in [-0.25, -0.2) is 0 Å². The normalized spacial score (nSPS) is 15.9. The number of hydrogen-bond acceptors (Lipinski definition) is 3. The lowest BCUT2D eigenvalue weighted by atomic mass is 10.3. The first-order chi connectivity index (χ1) is 6.77. The Kier molecular flexibility index (Phi) is 2.63. The van der Waals surface area contributed by atoms with E-state index in [1.807, 2.05) is 18.3 Å². The molecular formula is C10H13N3S. The zero-order chi connectivity index (χ0) is 9.97. The van der Waals surface area contributed by atoms with Crippen LogP contribution in [0.15, 0.2) is 18.3 Å². The topological polar surface area (TPSA) is 42.1 Å². The van der Waals surface area contributed by atoms with Crippen LogP contribution < -0.4 is 10.6 Å². The fraction of sp³-hybridized carbons (Fsp3) is 0.400. The lowest BCUT2D eigenvalue weighted by Crippen LogP contribution is -2.18. The van der Waals surface area contributed by atoms with Crippen molar-refractivity contribution in [3.63, 3.8) is 0 Å². The molecule has 0 atom stereocenters. The van der Waals surface area contributed by atoms with Crippen LogP contribution in [-0.2, 0) is 0 Å². The van der Waals surface area contributed by atoms with E-state index in [0.29, 0.717) is 10.7 Å². The van der Waals surface area contributed by atoms with Crippen LogP contribution in [0.5, 0.6) is 0 Å². The molecule has 1 aromatic heterocycles. The van der Waals surface area contributed by atoms with Crippen molar-refractivity contribution in [3.8, 4) is 0 Å². The first-order valence-electron chi connectivity index (χ1n) is 4.78. The molecule has 2 N–H and O–H groups in total. The standard InChI is InChI=1S/C10H13N3S/c11-10(14)9-4-3-8(7-12-9)13-5-1-2-6-13/h3-4,7H,1-2,5-6H2,(H2,11,14). The van der Waals surface area contributed by atoms with Crippen molar-refractivity contribution in [2.45, 2.75) is 12.8 Å². The van der Waals surface area contributed by atoms with E-state index in [1.54, 1.807) is 0 Å². The van der Waals surface area contributed by atoms with Crippen molar-refractivity contribution in [1.82, 2.24) is 4.98 Å². The summed E-state index contributed by atoms with van der Waals surface area (Å²) in [6.45, 7) is 2.27. The van der Waals surface area contributed by atoms with Gasteiger partial charge in [0.1, 0.15) is 4.99 Å². The molecule has 1 saturated heterocycles. The average Bonchev–Trinajstić information content (AvgIpc) is 2.71.